The molecular formula is C25H38N4O8. The van der Waals surface area contributed by atoms with Gasteiger partial charge in [-0.2, -0.15) is 0 Å². The van der Waals surface area contributed by atoms with Gasteiger partial charge in [0.05, 0.1) is 25.7 Å². The normalized spacial score (nSPS) is 17.2. The molecule has 6 N–H and O–H groups in total. The van der Waals surface area contributed by atoms with Crippen molar-refractivity contribution in [3.05, 3.63) is 41.9 Å². The molecule has 3 rings (SSSR count). The Bertz CT molecular complexity index is 1030. The zero-order valence-corrected chi connectivity index (χ0v) is 21.9. The van der Waals surface area contributed by atoms with Crippen molar-refractivity contribution in [2.24, 2.45) is 0 Å². The molecule has 2 aromatic rings. The molecule has 1 saturated heterocycles. The SMILES string of the molecule is Cc1ccc(CN(Cc2cnc[nH]2)C2CC(C)(C)NC(C)(C)C2)o1.O=C(O)CC(O)(CC(=O)O)C(=O)O. The van der Waals surface area contributed by atoms with E-state index in [0.29, 0.717) is 6.04 Å². The molecule has 12 heteroatoms. The number of furan rings is 1. The lowest BCUT2D eigenvalue weighted by molar-refractivity contribution is -0.170. The fourth-order valence-electron chi connectivity index (χ4n) is 4.92. The summed E-state index contributed by atoms with van der Waals surface area (Å²) in [7, 11) is 0. The first kappa shape index (κ1) is 30.0. The smallest absolute Gasteiger partial charge is 0.336 e. The standard InChI is InChI=1S/C19H30N4O.C6H8O7/c1-14-6-7-17(24-14)12-23(11-15-10-20-13-21-15)16-8-18(2,3)22-19(4,5)9-16;7-3(8)1-6(13,5(11)12)2-4(9)10/h6-7,10,13,16,22H,8-9,11-12H2,1-5H3,(H,20,21);13H,1-2H2,(H,7,8)(H,9,10)(H,11,12). The maximum absolute atomic E-state index is 10.3. The van der Waals surface area contributed by atoms with Gasteiger partial charge < -0.3 is 35.1 Å². The van der Waals surface area contributed by atoms with Crippen LogP contribution >= 0.6 is 0 Å². The molecule has 12 nitrogen and oxygen atoms in total. The number of aliphatic hydroxyl groups is 1. The lowest BCUT2D eigenvalue weighted by atomic mass is 9.79. The fraction of sp³-hybridized carbons (Fsp3) is 0.600. The number of H-pyrrole nitrogens is 1. The Hall–Kier alpha value is -3.22. The number of aryl methyl sites for hydroxylation is 1. The number of piperidine rings is 1. The molecule has 0 aromatic carbocycles. The number of nitrogens with zero attached hydrogens (tertiary/aromatic N) is 2. The van der Waals surface area contributed by atoms with Crippen LogP contribution in [0.5, 0.6) is 0 Å². The van der Waals surface area contributed by atoms with E-state index < -0.39 is 36.4 Å². The highest BCUT2D eigenvalue weighted by Gasteiger charge is 2.41. The van der Waals surface area contributed by atoms with Crippen LogP contribution in [0.15, 0.2) is 29.1 Å². The highest BCUT2D eigenvalue weighted by Crippen LogP contribution is 2.33. The zero-order chi connectivity index (χ0) is 28.0. The largest absolute Gasteiger partial charge is 0.481 e. The van der Waals surface area contributed by atoms with E-state index in [4.69, 9.17) is 24.8 Å². The number of hydrogen-bond donors (Lipinski definition) is 6. The average Bonchev–Trinajstić information content (AvgIpc) is 3.36. The Kier molecular flexibility index (Phi) is 9.64. The predicted octanol–water partition coefficient (Wildman–Crippen LogP) is 2.37. The van der Waals surface area contributed by atoms with Crippen LogP contribution in [0.2, 0.25) is 0 Å². The van der Waals surface area contributed by atoms with Crippen LogP contribution in [-0.4, -0.2) is 75.9 Å². The molecule has 0 bridgehead atoms. The number of aromatic amines is 1. The third kappa shape index (κ3) is 9.63. The summed E-state index contributed by atoms with van der Waals surface area (Å²) in [6.45, 7) is 12.9. The number of carbonyl (C=O) groups is 3. The highest BCUT2D eigenvalue weighted by atomic mass is 16.4. The van der Waals surface area contributed by atoms with Crippen molar-refractivity contribution in [3.63, 3.8) is 0 Å². The van der Waals surface area contributed by atoms with Gasteiger partial charge in [-0.05, 0) is 59.6 Å². The molecule has 1 aliphatic heterocycles. The van der Waals surface area contributed by atoms with Crippen LogP contribution in [0.3, 0.4) is 0 Å². The average molecular weight is 523 g/mol. The van der Waals surface area contributed by atoms with Crippen LogP contribution < -0.4 is 5.32 Å². The molecule has 206 valence electrons. The minimum absolute atomic E-state index is 0.123. The number of aromatic nitrogens is 2. The van der Waals surface area contributed by atoms with Gasteiger partial charge in [0.15, 0.2) is 5.60 Å². The molecule has 37 heavy (non-hydrogen) atoms. The van der Waals surface area contributed by atoms with Gasteiger partial charge in [0.25, 0.3) is 0 Å². The van der Waals surface area contributed by atoms with Gasteiger partial charge in [0.2, 0.25) is 0 Å². The summed E-state index contributed by atoms with van der Waals surface area (Å²) in [6, 6.07) is 4.62. The summed E-state index contributed by atoms with van der Waals surface area (Å²) in [5, 5.41) is 37.6. The van der Waals surface area contributed by atoms with E-state index in [9.17, 15) is 14.4 Å². The molecule has 0 atom stereocenters. The monoisotopic (exact) mass is 522 g/mol. The maximum Gasteiger partial charge on any atom is 0.336 e. The van der Waals surface area contributed by atoms with Gasteiger partial charge in [-0.1, -0.05) is 0 Å². The number of nitrogens with one attached hydrogen (secondary N) is 2. The van der Waals surface area contributed by atoms with E-state index in [1.165, 1.54) is 0 Å². The summed E-state index contributed by atoms with van der Waals surface area (Å²) in [6.07, 6.45) is 3.61. The summed E-state index contributed by atoms with van der Waals surface area (Å²) >= 11 is 0. The van der Waals surface area contributed by atoms with E-state index in [1.54, 1.807) is 6.33 Å². The van der Waals surface area contributed by atoms with Crippen LogP contribution in [-0.2, 0) is 27.5 Å². The highest BCUT2D eigenvalue weighted by molar-refractivity contribution is 5.88. The first-order valence-electron chi connectivity index (χ1n) is 12.0. The first-order valence-corrected chi connectivity index (χ1v) is 12.0. The Morgan fingerprint density at radius 1 is 1.05 bits per heavy atom. The lowest BCUT2D eigenvalue weighted by Crippen LogP contribution is -2.62. The summed E-state index contributed by atoms with van der Waals surface area (Å²) in [5.41, 5.74) is -1.35. The second-order valence-electron chi connectivity index (χ2n) is 10.9. The number of hydrogen-bond acceptors (Lipinski definition) is 8. The molecule has 1 aliphatic rings. The van der Waals surface area contributed by atoms with Crippen molar-refractivity contribution in [2.45, 2.75) is 96.1 Å². The molecule has 0 amide bonds. The van der Waals surface area contributed by atoms with E-state index in [0.717, 1.165) is 43.1 Å². The Labute approximate surface area is 215 Å². The predicted molar refractivity (Wildman–Crippen MR) is 133 cm³/mol. The molecule has 0 saturated carbocycles. The van der Waals surface area contributed by atoms with Crippen LogP contribution in [0.25, 0.3) is 0 Å². The minimum atomic E-state index is -2.74. The van der Waals surface area contributed by atoms with Crippen LogP contribution in [0.1, 0.15) is 70.6 Å². The number of rotatable bonds is 10. The molecule has 0 spiro atoms. The Morgan fingerprint density at radius 3 is 2.03 bits per heavy atom. The van der Waals surface area contributed by atoms with E-state index in [-0.39, 0.29) is 11.1 Å². The molecule has 0 aliphatic carbocycles. The van der Waals surface area contributed by atoms with Crippen LogP contribution in [0.4, 0.5) is 0 Å². The third-order valence-corrected chi connectivity index (χ3v) is 6.05. The van der Waals surface area contributed by atoms with Crippen molar-refractivity contribution in [3.8, 4) is 0 Å². The molecule has 2 aromatic heterocycles. The minimum Gasteiger partial charge on any atom is -0.481 e. The summed E-state index contributed by atoms with van der Waals surface area (Å²) in [4.78, 5) is 40.4. The lowest BCUT2D eigenvalue weighted by Gasteiger charge is -2.49. The second-order valence-corrected chi connectivity index (χ2v) is 10.9. The van der Waals surface area contributed by atoms with Crippen LogP contribution in [0, 0.1) is 6.92 Å². The van der Waals surface area contributed by atoms with E-state index >= 15 is 0 Å². The number of carboxylic acids is 3. The number of aliphatic carboxylic acids is 3. The third-order valence-electron chi connectivity index (χ3n) is 6.05. The van der Waals surface area contributed by atoms with Crippen molar-refractivity contribution < 1.29 is 39.2 Å². The zero-order valence-electron chi connectivity index (χ0n) is 21.9. The van der Waals surface area contributed by atoms with Gasteiger partial charge in [0.1, 0.15) is 11.5 Å². The van der Waals surface area contributed by atoms with Crippen molar-refractivity contribution in [2.75, 3.05) is 0 Å². The fourth-order valence-corrected chi connectivity index (χ4v) is 4.92. The van der Waals surface area contributed by atoms with Gasteiger partial charge in [-0.25, -0.2) is 9.78 Å². The van der Waals surface area contributed by atoms with Gasteiger partial charge in [0, 0.05) is 35.6 Å². The quantitative estimate of drug-likeness (QED) is 0.269. The van der Waals surface area contributed by atoms with Gasteiger partial charge in [-0.15, -0.1) is 0 Å². The van der Waals surface area contributed by atoms with Gasteiger partial charge >= 0.3 is 17.9 Å². The topological polar surface area (TPSA) is 189 Å². The number of carboxylic acid groups (broad SMARTS) is 3. The number of imidazole rings is 1. The molecular weight excluding hydrogens is 484 g/mol. The van der Waals surface area contributed by atoms with Crippen molar-refractivity contribution in [1.82, 2.24) is 20.2 Å². The summed E-state index contributed by atoms with van der Waals surface area (Å²) < 4.78 is 5.84. The maximum atomic E-state index is 10.3. The molecule has 3 heterocycles. The van der Waals surface area contributed by atoms with Crippen molar-refractivity contribution >= 4 is 17.9 Å². The van der Waals surface area contributed by atoms with Gasteiger partial charge in [-0.3, -0.25) is 14.5 Å². The van der Waals surface area contributed by atoms with E-state index in [1.807, 2.05) is 19.2 Å². The molecule has 1 fully saturated rings. The first-order chi connectivity index (χ1) is 17.0. The molecule has 0 unspecified atom stereocenters. The summed E-state index contributed by atoms with van der Waals surface area (Å²) in [5.74, 6) is -3.02. The Morgan fingerprint density at radius 2 is 1.62 bits per heavy atom. The van der Waals surface area contributed by atoms with E-state index in [2.05, 4.69) is 53.9 Å². The van der Waals surface area contributed by atoms with Crippen molar-refractivity contribution in [1.29, 1.82) is 0 Å². The Balaban J connectivity index is 0.000000317. The second kappa shape index (κ2) is 11.9. The molecule has 0 radical (unpaired) electrons.